The van der Waals surface area contributed by atoms with E-state index in [0.717, 1.165) is 17.0 Å². The predicted molar refractivity (Wildman–Crippen MR) is 112 cm³/mol. The van der Waals surface area contributed by atoms with Crippen LogP contribution in [0.4, 0.5) is 11.4 Å². The minimum Gasteiger partial charge on any atom is -0.506 e. The summed E-state index contributed by atoms with van der Waals surface area (Å²) >= 11 is 0. The van der Waals surface area contributed by atoms with Crippen LogP contribution >= 0.6 is 0 Å². The monoisotopic (exact) mass is 356 g/mol. The summed E-state index contributed by atoms with van der Waals surface area (Å²) in [5, 5.41) is 14.1. The molecule has 136 valence electrons. The standard InChI is InChI=1S/C24H24N2O/c1-16-7-11-18(12-8-16)21-15-24(3,19-13-9-17(2)10-14-19)26-20-5-4-6-22(27)23(20)25-21/h4-14,26-27H,15H2,1-3H3. The second-order valence-electron chi connectivity index (χ2n) is 7.60. The molecule has 0 amide bonds. The summed E-state index contributed by atoms with van der Waals surface area (Å²) < 4.78 is 0. The highest BCUT2D eigenvalue weighted by atomic mass is 16.3. The van der Waals surface area contributed by atoms with Crippen LogP contribution in [-0.4, -0.2) is 10.8 Å². The molecule has 0 spiro atoms. The quantitative estimate of drug-likeness (QED) is 0.604. The number of benzene rings is 3. The fourth-order valence-electron chi connectivity index (χ4n) is 3.61. The molecule has 1 aliphatic rings. The number of fused-ring (bicyclic) bond motifs is 1. The summed E-state index contributed by atoms with van der Waals surface area (Å²) in [4.78, 5) is 4.88. The van der Waals surface area contributed by atoms with Crippen LogP contribution in [0.25, 0.3) is 0 Å². The van der Waals surface area contributed by atoms with E-state index in [0.29, 0.717) is 12.1 Å². The van der Waals surface area contributed by atoms with Gasteiger partial charge in [-0.25, -0.2) is 4.99 Å². The second kappa shape index (κ2) is 6.58. The molecule has 1 heterocycles. The van der Waals surface area contributed by atoms with Crippen molar-refractivity contribution >= 4 is 17.1 Å². The van der Waals surface area contributed by atoms with Crippen molar-refractivity contribution in [2.24, 2.45) is 4.99 Å². The molecule has 1 atom stereocenters. The number of para-hydroxylation sites is 1. The van der Waals surface area contributed by atoms with Crippen molar-refractivity contribution in [2.75, 3.05) is 5.32 Å². The van der Waals surface area contributed by atoms with E-state index < -0.39 is 0 Å². The number of nitrogens with zero attached hydrogens (tertiary/aromatic N) is 1. The molecule has 0 aliphatic carbocycles. The molecule has 0 bridgehead atoms. The first-order valence-corrected chi connectivity index (χ1v) is 9.26. The Morgan fingerprint density at radius 3 is 2.19 bits per heavy atom. The van der Waals surface area contributed by atoms with Gasteiger partial charge in [-0.3, -0.25) is 0 Å². The third kappa shape index (κ3) is 3.33. The molecule has 0 fully saturated rings. The molecule has 3 nitrogen and oxygen atoms in total. The number of aliphatic imine (C=N–C) groups is 1. The maximum atomic E-state index is 10.4. The zero-order valence-electron chi connectivity index (χ0n) is 16.0. The molecule has 0 aromatic heterocycles. The highest BCUT2D eigenvalue weighted by Gasteiger charge is 2.32. The molecule has 0 saturated heterocycles. The largest absolute Gasteiger partial charge is 0.506 e. The molecule has 3 heteroatoms. The van der Waals surface area contributed by atoms with Gasteiger partial charge in [0, 0.05) is 6.42 Å². The Morgan fingerprint density at radius 1 is 0.889 bits per heavy atom. The maximum absolute atomic E-state index is 10.4. The molecule has 1 aliphatic heterocycles. The Morgan fingerprint density at radius 2 is 1.52 bits per heavy atom. The number of rotatable bonds is 2. The number of nitrogens with one attached hydrogen (secondary N) is 1. The van der Waals surface area contributed by atoms with Gasteiger partial charge in [0.15, 0.2) is 0 Å². The van der Waals surface area contributed by atoms with Crippen LogP contribution < -0.4 is 5.32 Å². The van der Waals surface area contributed by atoms with Gasteiger partial charge in [0.25, 0.3) is 0 Å². The fraction of sp³-hybridized carbons (Fsp3) is 0.208. The van der Waals surface area contributed by atoms with E-state index in [2.05, 4.69) is 74.6 Å². The van der Waals surface area contributed by atoms with E-state index in [9.17, 15) is 5.11 Å². The Labute approximate surface area is 160 Å². The lowest BCUT2D eigenvalue weighted by Crippen LogP contribution is -2.33. The van der Waals surface area contributed by atoms with Crippen LogP contribution in [0.15, 0.2) is 71.7 Å². The molecular formula is C24H24N2O. The Bertz CT molecular complexity index is 1000. The fourth-order valence-corrected chi connectivity index (χ4v) is 3.61. The van der Waals surface area contributed by atoms with Crippen molar-refractivity contribution < 1.29 is 5.11 Å². The summed E-state index contributed by atoms with van der Waals surface area (Å²) in [6.07, 6.45) is 0.716. The van der Waals surface area contributed by atoms with Crippen molar-refractivity contribution in [1.29, 1.82) is 0 Å². The maximum Gasteiger partial charge on any atom is 0.143 e. The predicted octanol–water partition coefficient (Wildman–Crippen LogP) is 5.86. The Kier molecular flexibility index (Phi) is 4.23. The molecule has 27 heavy (non-hydrogen) atoms. The first kappa shape index (κ1) is 17.3. The summed E-state index contributed by atoms with van der Waals surface area (Å²) in [7, 11) is 0. The lowest BCUT2D eigenvalue weighted by Gasteiger charge is -2.32. The van der Waals surface area contributed by atoms with Crippen LogP contribution in [-0.2, 0) is 5.54 Å². The van der Waals surface area contributed by atoms with E-state index in [4.69, 9.17) is 4.99 Å². The third-order valence-electron chi connectivity index (χ3n) is 5.27. The van der Waals surface area contributed by atoms with E-state index in [1.165, 1.54) is 16.7 Å². The number of anilines is 1. The number of aromatic hydroxyl groups is 1. The van der Waals surface area contributed by atoms with Gasteiger partial charge >= 0.3 is 0 Å². The summed E-state index contributed by atoms with van der Waals surface area (Å²) in [5.74, 6) is 0.192. The van der Waals surface area contributed by atoms with Crippen LogP contribution in [0, 0.1) is 13.8 Å². The molecule has 2 N–H and O–H groups in total. The summed E-state index contributed by atoms with van der Waals surface area (Å²) in [6, 6.07) is 22.5. The lowest BCUT2D eigenvalue weighted by molar-refractivity contribution is 0.477. The van der Waals surface area contributed by atoms with Crippen LogP contribution in [0.1, 0.15) is 35.6 Å². The first-order chi connectivity index (χ1) is 12.9. The van der Waals surface area contributed by atoms with Crippen LogP contribution in [0.2, 0.25) is 0 Å². The van der Waals surface area contributed by atoms with E-state index in [1.807, 2.05) is 12.1 Å². The van der Waals surface area contributed by atoms with E-state index >= 15 is 0 Å². The van der Waals surface area contributed by atoms with E-state index in [1.54, 1.807) is 6.07 Å². The van der Waals surface area contributed by atoms with Crippen molar-refractivity contribution in [3.8, 4) is 5.75 Å². The molecule has 3 aromatic rings. The number of hydrogen-bond acceptors (Lipinski definition) is 3. The molecule has 0 radical (unpaired) electrons. The number of phenols is 1. The SMILES string of the molecule is Cc1ccc(C2=Nc3c(O)cccc3NC(C)(c3ccc(C)cc3)C2)cc1. The summed E-state index contributed by atoms with van der Waals surface area (Å²) in [5.41, 5.74) is 6.81. The van der Waals surface area contributed by atoms with Crippen LogP contribution in [0.5, 0.6) is 5.75 Å². The topological polar surface area (TPSA) is 44.6 Å². The first-order valence-electron chi connectivity index (χ1n) is 9.26. The van der Waals surface area contributed by atoms with E-state index in [-0.39, 0.29) is 11.3 Å². The normalized spacial score (nSPS) is 18.9. The molecule has 1 unspecified atom stereocenters. The van der Waals surface area contributed by atoms with Gasteiger partial charge in [-0.1, -0.05) is 65.7 Å². The van der Waals surface area contributed by atoms with Crippen molar-refractivity contribution in [2.45, 2.75) is 32.7 Å². The van der Waals surface area contributed by atoms with Gasteiger partial charge in [-0.05, 0) is 44.0 Å². The minimum absolute atomic E-state index is 0.192. The van der Waals surface area contributed by atoms with Crippen LogP contribution in [0.3, 0.4) is 0 Å². The zero-order valence-corrected chi connectivity index (χ0v) is 16.0. The smallest absolute Gasteiger partial charge is 0.143 e. The van der Waals surface area contributed by atoms with Gasteiger partial charge in [0.1, 0.15) is 11.4 Å². The molecule has 3 aromatic carbocycles. The minimum atomic E-state index is -0.337. The highest BCUT2D eigenvalue weighted by Crippen LogP contribution is 2.43. The second-order valence-corrected chi connectivity index (χ2v) is 7.60. The number of phenolic OH excluding ortho intramolecular Hbond substituents is 1. The van der Waals surface area contributed by atoms with Crippen molar-refractivity contribution in [3.63, 3.8) is 0 Å². The zero-order chi connectivity index (χ0) is 19.0. The van der Waals surface area contributed by atoms with Gasteiger partial charge < -0.3 is 10.4 Å². The van der Waals surface area contributed by atoms with Gasteiger partial charge in [-0.15, -0.1) is 0 Å². The molecular weight excluding hydrogens is 332 g/mol. The average Bonchev–Trinajstić information content (AvgIpc) is 2.80. The molecule has 0 saturated carbocycles. The highest BCUT2D eigenvalue weighted by molar-refractivity contribution is 6.05. The third-order valence-corrected chi connectivity index (χ3v) is 5.27. The lowest BCUT2D eigenvalue weighted by atomic mass is 9.84. The molecule has 4 rings (SSSR count). The Hall–Kier alpha value is -3.07. The summed E-state index contributed by atoms with van der Waals surface area (Å²) in [6.45, 7) is 6.37. The van der Waals surface area contributed by atoms with Gasteiger partial charge in [0.2, 0.25) is 0 Å². The van der Waals surface area contributed by atoms with Crippen molar-refractivity contribution in [3.05, 3.63) is 89.0 Å². The van der Waals surface area contributed by atoms with Crippen molar-refractivity contribution in [1.82, 2.24) is 0 Å². The Balaban J connectivity index is 1.88. The average molecular weight is 356 g/mol. The van der Waals surface area contributed by atoms with Gasteiger partial charge in [-0.2, -0.15) is 0 Å². The van der Waals surface area contributed by atoms with Gasteiger partial charge in [0.05, 0.1) is 16.9 Å². The number of aryl methyl sites for hydroxylation is 2. The number of hydrogen-bond donors (Lipinski definition) is 2.